The highest BCUT2D eigenvalue weighted by Crippen LogP contribution is 2.20. The highest BCUT2D eigenvalue weighted by Gasteiger charge is 2.22. The van der Waals surface area contributed by atoms with E-state index in [4.69, 9.17) is 0 Å². The molecule has 0 aliphatic heterocycles. The summed E-state index contributed by atoms with van der Waals surface area (Å²) in [5, 5.41) is 3.58. The summed E-state index contributed by atoms with van der Waals surface area (Å²) in [6, 6.07) is 10.9. The molecule has 1 aromatic carbocycles. The largest absolute Gasteiger partial charge is 0.310 e. The molecule has 1 aromatic rings. The number of rotatable bonds is 3. The molecule has 0 aromatic heterocycles. The number of ketones is 1. The molecule has 0 unspecified atom stereocenters. The van der Waals surface area contributed by atoms with Crippen LogP contribution in [0.3, 0.4) is 0 Å². The molecule has 1 aliphatic carbocycles. The van der Waals surface area contributed by atoms with E-state index in [0.717, 1.165) is 32.2 Å². The molecule has 92 valence electrons. The third-order valence-electron chi connectivity index (χ3n) is 3.60. The van der Waals surface area contributed by atoms with E-state index >= 15 is 0 Å². The summed E-state index contributed by atoms with van der Waals surface area (Å²) in [6.07, 6.45) is 3.93. The van der Waals surface area contributed by atoms with Crippen molar-refractivity contribution in [3.8, 4) is 0 Å². The third-order valence-corrected chi connectivity index (χ3v) is 3.60. The van der Waals surface area contributed by atoms with Crippen LogP contribution in [0.25, 0.3) is 0 Å². The van der Waals surface area contributed by atoms with Gasteiger partial charge in [-0.2, -0.15) is 0 Å². The lowest BCUT2D eigenvalue weighted by atomic mass is 9.99. The van der Waals surface area contributed by atoms with E-state index < -0.39 is 0 Å². The van der Waals surface area contributed by atoms with E-state index in [1.54, 1.807) is 0 Å². The Kier molecular flexibility index (Phi) is 4.32. The van der Waals surface area contributed by atoms with E-state index in [1.807, 2.05) is 6.07 Å². The second-order valence-electron chi connectivity index (χ2n) is 5.06. The molecule has 0 bridgehead atoms. The molecular formula is C15H21NO. The molecule has 1 fully saturated rings. The van der Waals surface area contributed by atoms with E-state index in [2.05, 4.69) is 36.5 Å². The molecule has 0 radical (unpaired) electrons. The van der Waals surface area contributed by atoms with Crippen LogP contribution in [-0.2, 0) is 11.3 Å². The highest BCUT2D eigenvalue weighted by atomic mass is 16.1. The summed E-state index contributed by atoms with van der Waals surface area (Å²) >= 11 is 0. The van der Waals surface area contributed by atoms with Crippen LogP contribution in [0.5, 0.6) is 0 Å². The standard InChI is InChI=1S/C15H21NO/c1-12-10-14(8-5-9-15(12)17)16-11-13-6-3-2-4-7-13/h2-4,6-7,12,14,16H,5,8-11H2,1H3/t12-,14-/m0/s1. The molecule has 0 saturated heterocycles. The Morgan fingerprint density at radius 3 is 2.82 bits per heavy atom. The van der Waals surface area contributed by atoms with Crippen molar-refractivity contribution in [3.63, 3.8) is 0 Å². The molecule has 1 saturated carbocycles. The number of hydrogen-bond donors (Lipinski definition) is 1. The summed E-state index contributed by atoms with van der Waals surface area (Å²) in [4.78, 5) is 11.6. The molecular weight excluding hydrogens is 210 g/mol. The zero-order valence-corrected chi connectivity index (χ0v) is 10.5. The molecule has 0 spiro atoms. The Morgan fingerprint density at radius 1 is 1.29 bits per heavy atom. The first-order chi connectivity index (χ1) is 8.25. The third kappa shape index (κ3) is 3.67. The number of benzene rings is 1. The lowest BCUT2D eigenvalue weighted by Gasteiger charge is -2.18. The molecule has 0 heterocycles. The van der Waals surface area contributed by atoms with Gasteiger partial charge >= 0.3 is 0 Å². The summed E-state index contributed by atoms with van der Waals surface area (Å²) in [7, 11) is 0. The van der Waals surface area contributed by atoms with Crippen LogP contribution in [0.1, 0.15) is 38.2 Å². The molecule has 1 aliphatic rings. The molecule has 2 heteroatoms. The summed E-state index contributed by atoms with van der Waals surface area (Å²) in [5.74, 6) is 0.666. The predicted octanol–water partition coefficient (Wildman–Crippen LogP) is 2.92. The maximum absolute atomic E-state index is 11.6. The van der Waals surface area contributed by atoms with Gasteiger partial charge in [0.05, 0.1) is 0 Å². The van der Waals surface area contributed by atoms with Gasteiger partial charge in [-0.25, -0.2) is 0 Å². The Labute approximate surface area is 103 Å². The lowest BCUT2D eigenvalue weighted by Crippen LogP contribution is -2.30. The van der Waals surface area contributed by atoms with Crippen LogP contribution >= 0.6 is 0 Å². The van der Waals surface area contributed by atoms with Gasteiger partial charge in [-0.15, -0.1) is 0 Å². The minimum absolute atomic E-state index is 0.228. The average molecular weight is 231 g/mol. The minimum Gasteiger partial charge on any atom is -0.310 e. The van der Waals surface area contributed by atoms with E-state index in [0.29, 0.717) is 11.8 Å². The van der Waals surface area contributed by atoms with Crippen molar-refractivity contribution in [2.45, 2.75) is 45.2 Å². The van der Waals surface area contributed by atoms with Gasteiger partial charge < -0.3 is 5.32 Å². The number of carbonyl (C=O) groups is 1. The SMILES string of the molecule is C[C@H]1C[C@@H](NCc2ccccc2)CCCC1=O. The molecule has 0 amide bonds. The van der Waals surface area contributed by atoms with Gasteiger partial charge in [0, 0.05) is 24.9 Å². The lowest BCUT2D eigenvalue weighted by molar-refractivity contribution is -0.122. The normalized spacial score (nSPS) is 25.6. The first-order valence-electron chi connectivity index (χ1n) is 6.55. The quantitative estimate of drug-likeness (QED) is 0.810. The smallest absolute Gasteiger partial charge is 0.135 e. The van der Waals surface area contributed by atoms with Gasteiger partial charge in [-0.05, 0) is 24.8 Å². The zero-order valence-electron chi connectivity index (χ0n) is 10.5. The molecule has 2 nitrogen and oxygen atoms in total. The predicted molar refractivity (Wildman–Crippen MR) is 69.7 cm³/mol. The monoisotopic (exact) mass is 231 g/mol. The minimum atomic E-state index is 0.228. The summed E-state index contributed by atoms with van der Waals surface area (Å²) in [5.41, 5.74) is 1.32. The van der Waals surface area contributed by atoms with Crippen molar-refractivity contribution in [1.29, 1.82) is 0 Å². The van der Waals surface area contributed by atoms with Crippen LogP contribution in [0.4, 0.5) is 0 Å². The van der Waals surface area contributed by atoms with E-state index in [-0.39, 0.29) is 5.92 Å². The van der Waals surface area contributed by atoms with Gasteiger partial charge in [0.15, 0.2) is 0 Å². The van der Waals surface area contributed by atoms with Gasteiger partial charge in [0.2, 0.25) is 0 Å². The fourth-order valence-corrected chi connectivity index (χ4v) is 2.49. The van der Waals surface area contributed by atoms with E-state index in [9.17, 15) is 4.79 Å². The molecule has 1 N–H and O–H groups in total. The van der Waals surface area contributed by atoms with Crippen LogP contribution in [-0.4, -0.2) is 11.8 Å². The highest BCUT2D eigenvalue weighted by molar-refractivity contribution is 5.80. The maximum Gasteiger partial charge on any atom is 0.135 e. The van der Waals surface area contributed by atoms with Crippen LogP contribution in [0.2, 0.25) is 0 Å². The fourth-order valence-electron chi connectivity index (χ4n) is 2.49. The number of carbonyl (C=O) groups excluding carboxylic acids is 1. The zero-order chi connectivity index (χ0) is 12.1. The van der Waals surface area contributed by atoms with Crippen molar-refractivity contribution in [2.75, 3.05) is 0 Å². The Hall–Kier alpha value is -1.15. The average Bonchev–Trinajstić information content (AvgIpc) is 2.51. The number of Topliss-reactive ketones (excluding diaryl/α,β-unsaturated/α-hetero) is 1. The second kappa shape index (κ2) is 5.97. The Morgan fingerprint density at radius 2 is 2.06 bits per heavy atom. The van der Waals surface area contributed by atoms with Crippen molar-refractivity contribution in [2.24, 2.45) is 5.92 Å². The Bertz CT molecular complexity index is 360. The Balaban J connectivity index is 1.85. The topological polar surface area (TPSA) is 29.1 Å². The summed E-state index contributed by atoms with van der Waals surface area (Å²) in [6.45, 7) is 2.97. The van der Waals surface area contributed by atoms with Crippen molar-refractivity contribution >= 4 is 5.78 Å². The maximum atomic E-state index is 11.6. The first-order valence-corrected chi connectivity index (χ1v) is 6.55. The van der Waals surface area contributed by atoms with Gasteiger partial charge in [-0.1, -0.05) is 37.3 Å². The van der Waals surface area contributed by atoms with Gasteiger partial charge in [0.25, 0.3) is 0 Å². The van der Waals surface area contributed by atoms with Crippen molar-refractivity contribution in [3.05, 3.63) is 35.9 Å². The van der Waals surface area contributed by atoms with Crippen LogP contribution in [0.15, 0.2) is 30.3 Å². The van der Waals surface area contributed by atoms with E-state index in [1.165, 1.54) is 5.56 Å². The molecule has 2 rings (SSSR count). The number of hydrogen-bond acceptors (Lipinski definition) is 2. The summed E-state index contributed by atoms with van der Waals surface area (Å²) < 4.78 is 0. The molecule has 2 atom stereocenters. The van der Waals surface area contributed by atoms with Crippen molar-refractivity contribution in [1.82, 2.24) is 5.32 Å². The fraction of sp³-hybridized carbons (Fsp3) is 0.533. The second-order valence-corrected chi connectivity index (χ2v) is 5.06. The van der Waals surface area contributed by atoms with Gasteiger partial charge in [-0.3, -0.25) is 4.79 Å². The van der Waals surface area contributed by atoms with Crippen molar-refractivity contribution < 1.29 is 4.79 Å². The van der Waals surface area contributed by atoms with Crippen LogP contribution < -0.4 is 5.32 Å². The first kappa shape index (κ1) is 12.3. The molecule has 17 heavy (non-hydrogen) atoms. The van der Waals surface area contributed by atoms with Crippen LogP contribution in [0, 0.1) is 5.92 Å². The number of nitrogens with one attached hydrogen (secondary N) is 1. The van der Waals surface area contributed by atoms with Gasteiger partial charge in [0.1, 0.15) is 5.78 Å².